The van der Waals surface area contributed by atoms with Crippen molar-refractivity contribution in [2.45, 2.75) is 24.8 Å². The molecule has 1 aromatic rings. The van der Waals surface area contributed by atoms with Gasteiger partial charge >= 0.3 is 0 Å². The number of carbonyl (C=O) groups is 1. The molecule has 1 unspecified atom stereocenters. The minimum absolute atomic E-state index is 0.167. The zero-order valence-corrected chi connectivity index (χ0v) is 13.2. The van der Waals surface area contributed by atoms with Crippen molar-refractivity contribution in [2.75, 3.05) is 7.05 Å². The highest BCUT2D eigenvalue weighted by Crippen LogP contribution is 2.30. The number of rotatable bonds is 4. The van der Waals surface area contributed by atoms with Crippen LogP contribution in [0.5, 0.6) is 0 Å². The number of hydrogen-bond acceptors (Lipinski definition) is 4. The number of benzene rings is 1. The molecule has 0 N–H and O–H groups in total. The number of alkyl halides is 1. The van der Waals surface area contributed by atoms with Gasteiger partial charge in [0.15, 0.2) is 4.32 Å². The lowest BCUT2D eigenvalue weighted by atomic mass is 9.99. The third-order valence-electron chi connectivity index (χ3n) is 3.16. The Bertz CT molecular complexity index is 571. The highest BCUT2D eigenvalue weighted by molar-refractivity contribution is 9.11. The lowest BCUT2D eigenvalue weighted by molar-refractivity contribution is -0.127. The van der Waals surface area contributed by atoms with Gasteiger partial charge in [0.2, 0.25) is 0 Å². The summed E-state index contributed by atoms with van der Waals surface area (Å²) >= 11 is 3.44. The highest BCUT2D eigenvalue weighted by Gasteiger charge is 2.49. The number of hydrazone groups is 1. The normalized spacial score (nSPS) is 23.0. The zero-order chi connectivity index (χ0) is 14.8. The van der Waals surface area contributed by atoms with Gasteiger partial charge in [0.25, 0.3) is 5.91 Å². The average Bonchev–Trinajstić information content (AvgIpc) is 2.64. The van der Waals surface area contributed by atoms with Gasteiger partial charge in [-0.15, -0.1) is 0 Å². The Morgan fingerprint density at radius 2 is 2.10 bits per heavy atom. The fourth-order valence-electron chi connectivity index (χ4n) is 1.97. The van der Waals surface area contributed by atoms with E-state index in [9.17, 15) is 4.79 Å². The summed E-state index contributed by atoms with van der Waals surface area (Å²) in [5.74, 6) is -0.167. The summed E-state index contributed by atoms with van der Waals surface area (Å²) in [4.78, 5) is 17.5. The predicted molar refractivity (Wildman–Crippen MR) is 81.9 cm³/mol. The SMILES string of the molecule is CC1=NN(C)C(=O)C1(Br)/C(C)=N/OCc1ccccc1. The Morgan fingerprint density at radius 3 is 2.65 bits per heavy atom. The van der Waals surface area contributed by atoms with Crippen LogP contribution in [0.1, 0.15) is 19.4 Å². The predicted octanol–water partition coefficient (Wildman–Crippen LogP) is 2.56. The largest absolute Gasteiger partial charge is 0.391 e. The van der Waals surface area contributed by atoms with E-state index in [-0.39, 0.29) is 5.91 Å². The molecule has 1 aliphatic heterocycles. The lowest BCUT2D eigenvalue weighted by Gasteiger charge is -2.19. The van der Waals surface area contributed by atoms with E-state index in [4.69, 9.17) is 4.84 Å². The van der Waals surface area contributed by atoms with E-state index in [1.54, 1.807) is 20.9 Å². The van der Waals surface area contributed by atoms with E-state index < -0.39 is 4.32 Å². The summed E-state index contributed by atoms with van der Waals surface area (Å²) in [6, 6.07) is 9.73. The first kappa shape index (κ1) is 14.7. The molecule has 0 radical (unpaired) electrons. The molecule has 1 aliphatic rings. The fraction of sp³-hybridized carbons (Fsp3) is 0.357. The Kier molecular flexibility index (Phi) is 4.23. The molecule has 0 fully saturated rings. The molecule has 0 saturated heterocycles. The monoisotopic (exact) mass is 337 g/mol. The van der Waals surface area contributed by atoms with E-state index in [2.05, 4.69) is 26.2 Å². The third kappa shape index (κ3) is 2.60. The number of hydrogen-bond donors (Lipinski definition) is 0. The number of carbonyl (C=O) groups excluding carboxylic acids is 1. The Morgan fingerprint density at radius 1 is 1.45 bits per heavy atom. The van der Waals surface area contributed by atoms with Crippen molar-refractivity contribution in [1.29, 1.82) is 0 Å². The zero-order valence-electron chi connectivity index (χ0n) is 11.6. The van der Waals surface area contributed by atoms with Gasteiger partial charge in [-0.25, -0.2) is 5.01 Å². The Labute approximate surface area is 126 Å². The summed E-state index contributed by atoms with van der Waals surface area (Å²) in [5, 5.41) is 9.48. The van der Waals surface area contributed by atoms with Crippen molar-refractivity contribution >= 4 is 33.3 Å². The molecule has 5 nitrogen and oxygen atoms in total. The van der Waals surface area contributed by atoms with Gasteiger partial charge in [-0.1, -0.05) is 51.4 Å². The maximum absolute atomic E-state index is 12.1. The van der Waals surface area contributed by atoms with E-state index in [0.29, 0.717) is 18.0 Å². The number of amides is 1. The van der Waals surface area contributed by atoms with Crippen LogP contribution in [0.25, 0.3) is 0 Å². The first-order chi connectivity index (χ1) is 9.46. The van der Waals surface area contributed by atoms with Crippen molar-refractivity contribution in [1.82, 2.24) is 5.01 Å². The molecule has 0 bridgehead atoms. The second-order valence-electron chi connectivity index (χ2n) is 4.61. The quantitative estimate of drug-likeness (QED) is 0.481. The summed E-state index contributed by atoms with van der Waals surface area (Å²) in [7, 11) is 1.62. The van der Waals surface area contributed by atoms with Gasteiger partial charge in [0.05, 0.1) is 11.4 Å². The van der Waals surface area contributed by atoms with Crippen LogP contribution in [-0.2, 0) is 16.2 Å². The Hall–Kier alpha value is -1.69. The average molecular weight is 338 g/mol. The third-order valence-corrected chi connectivity index (χ3v) is 4.65. The molecule has 106 valence electrons. The number of oxime groups is 1. The van der Waals surface area contributed by atoms with E-state index in [0.717, 1.165) is 5.56 Å². The molecule has 0 saturated carbocycles. The summed E-state index contributed by atoms with van der Waals surface area (Å²) in [6.45, 7) is 3.89. The van der Waals surface area contributed by atoms with Crippen LogP contribution in [0, 0.1) is 0 Å². The van der Waals surface area contributed by atoms with E-state index in [1.165, 1.54) is 5.01 Å². The van der Waals surface area contributed by atoms with Gasteiger partial charge in [0, 0.05) is 7.05 Å². The first-order valence-electron chi connectivity index (χ1n) is 6.20. The van der Waals surface area contributed by atoms with Gasteiger partial charge in [-0.3, -0.25) is 4.79 Å². The molecule has 0 spiro atoms. The van der Waals surface area contributed by atoms with Crippen molar-refractivity contribution in [3.05, 3.63) is 35.9 Å². The molecule has 1 heterocycles. The summed E-state index contributed by atoms with van der Waals surface area (Å²) in [6.07, 6.45) is 0. The lowest BCUT2D eigenvalue weighted by Crippen LogP contribution is -2.45. The summed E-state index contributed by atoms with van der Waals surface area (Å²) in [5.41, 5.74) is 2.20. The molecule has 6 heteroatoms. The number of nitrogens with zero attached hydrogens (tertiary/aromatic N) is 3. The first-order valence-corrected chi connectivity index (χ1v) is 6.99. The van der Waals surface area contributed by atoms with Crippen molar-refractivity contribution < 1.29 is 9.63 Å². The minimum Gasteiger partial charge on any atom is -0.391 e. The van der Waals surface area contributed by atoms with Crippen molar-refractivity contribution in [3.63, 3.8) is 0 Å². The van der Waals surface area contributed by atoms with Crippen LogP contribution in [0.15, 0.2) is 40.6 Å². The van der Waals surface area contributed by atoms with Crippen LogP contribution in [0.2, 0.25) is 0 Å². The van der Waals surface area contributed by atoms with Gasteiger partial charge in [-0.2, -0.15) is 5.10 Å². The molecule has 1 aromatic carbocycles. The van der Waals surface area contributed by atoms with Gasteiger partial charge in [-0.05, 0) is 19.4 Å². The molecule has 0 aromatic heterocycles. The number of halogens is 1. The highest BCUT2D eigenvalue weighted by atomic mass is 79.9. The molecule has 2 rings (SSSR count). The van der Waals surface area contributed by atoms with E-state index >= 15 is 0 Å². The van der Waals surface area contributed by atoms with Crippen LogP contribution in [0.4, 0.5) is 0 Å². The van der Waals surface area contributed by atoms with E-state index in [1.807, 2.05) is 30.3 Å². The maximum atomic E-state index is 12.1. The van der Waals surface area contributed by atoms with Gasteiger partial charge < -0.3 is 4.84 Å². The maximum Gasteiger partial charge on any atom is 0.271 e. The standard InChI is InChI=1S/C14H16BrN3O2/c1-10-14(15,13(19)18(3)16-10)11(2)17-20-9-12-7-5-4-6-8-12/h4-8H,9H2,1-3H3/b17-11+. The fourth-order valence-corrected chi connectivity index (χ4v) is 2.38. The molecule has 1 atom stereocenters. The van der Waals surface area contributed by atoms with Crippen molar-refractivity contribution in [3.8, 4) is 0 Å². The van der Waals surface area contributed by atoms with Crippen molar-refractivity contribution in [2.24, 2.45) is 10.3 Å². The molecular formula is C14H16BrN3O2. The topological polar surface area (TPSA) is 54.3 Å². The minimum atomic E-state index is -0.988. The Balaban J connectivity index is 2.07. The molecular weight excluding hydrogens is 322 g/mol. The second kappa shape index (κ2) is 5.75. The summed E-state index contributed by atoms with van der Waals surface area (Å²) < 4.78 is -0.988. The van der Waals surface area contributed by atoms with Crippen LogP contribution < -0.4 is 0 Å². The van der Waals surface area contributed by atoms with Gasteiger partial charge in [0.1, 0.15) is 6.61 Å². The molecule has 1 amide bonds. The van der Waals surface area contributed by atoms with Crippen LogP contribution in [-0.4, -0.2) is 33.7 Å². The second-order valence-corrected chi connectivity index (χ2v) is 5.80. The van der Waals surface area contributed by atoms with Crippen LogP contribution >= 0.6 is 15.9 Å². The molecule has 0 aliphatic carbocycles. The van der Waals surface area contributed by atoms with Crippen LogP contribution in [0.3, 0.4) is 0 Å². The smallest absolute Gasteiger partial charge is 0.271 e. The molecule has 20 heavy (non-hydrogen) atoms.